The minimum absolute atomic E-state index is 0.150. The minimum Gasteiger partial charge on any atom is -0.493 e. The Bertz CT molecular complexity index is 743. The average molecular weight is 359 g/mol. The first-order chi connectivity index (χ1) is 12.5. The molecule has 0 saturated heterocycles. The van der Waals surface area contributed by atoms with E-state index < -0.39 is 0 Å². The third-order valence-corrected chi connectivity index (χ3v) is 4.59. The Kier molecular flexibility index (Phi) is 6.61. The van der Waals surface area contributed by atoms with Gasteiger partial charge in [-0.3, -0.25) is 0 Å². The molecule has 0 amide bonds. The molecular formula is C21H29NO4. The van der Waals surface area contributed by atoms with Crippen molar-refractivity contribution in [2.24, 2.45) is 5.92 Å². The second kappa shape index (κ2) is 8.70. The summed E-state index contributed by atoms with van der Waals surface area (Å²) in [6.45, 7) is 4.41. The molecule has 1 N–H and O–H groups in total. The van der Waals surface area contributed by atoms with Gasteiger partial charge in [0.05, 0.1) is 28.4 Å². The fraction of sp³-hybridized carbons (Fsp3) is 0.429. The van der Waals surface area contributed by atoms with E-state index >= 15 is 0 Å². The summed E-state index contributed by atoms with van der Waals surface area (Å²) in [5.41, 5.74) is 3.31. The van der Waals surface area contributed by atoms with Crippen molar-refractivity contribution in [3.05, 3.63) is 41.5 Å². The monoisotopic (exact) mass is 359 g/mol. The van der Waals surface area contributed by atoms with Gasteiger partial charge in [0.1, 0.15) is 0 Å². The summed E-state index contributed by atoms with van der Waals surface area (Å²) in [6, 6.07) is 10.1. The number of methoxy groups -OCH3 is 4. The maximum atomic E-state index is 5.53. The largest absolute Gasteiger partial charge is 0.493 e. The SMILES string of the molecule is CNc1cc(OC)c(OC)cc1C(c1ccc(OC)c(OC)c1)C(C)C. The first-order valence-electron chi connectivity index (χ1n) is 8.66. The van der Waals surface area contributed by atoms with Crippen LogP contribution in [0.4, 0.5) is 5.69 Å². The number of ether oxygens (including phenoxy) is 4. The van der Waals surface area contributed by atoms with Crippen molar-refractivity contribution in [3.8, 4) is 23.0 Å². The Labute approximate surface area is 156 Å². The van der Waals surface area contributed by atoms with Crippen molar-refractivity contribution in [3.63, 3.8) is 0 Å². The van der Waals surface area contributed by atoms with Gasteiger partial charge >= 0.3 is 0 Å². The molecule has 0 fully saturated rings. The van der Waals surface area contributed by atoms with Gasteiger partial charge < -0.3 is 24.3 Å². The molecule has 0 aliphatic carbocycles. The fourth-order valence-corrected chi connectivity index (χ4v) is 3.34. The number of rotatable bonds is 8. The van der Waals surface area contributed by atoms with Crippen LogP contribution in [0.2, 0.25) is 0 Å². The van der Waals surface area contributed by atoms with Gasteiger partial charge in [-0.1, -0.05) is 19.9 Å². The Morgan fingerprint density at radius 2 is 1.27 bits per heavy atom. The predicted molar refractivity (Wildman–Crippen MR) is 105 cm³/mol. The predicted octanol–water partition coefficient (Wildman–Crippen LogP) is 4.55. The average Bonchev–Trinajstić information content (AvgIpc) is 2.67. The van der Waals surface area contributed by atoms with Crippen molar-refractivity contribution in [2.75, 3.05) is 40.8 Å². The van der Waals surface area contributed by atoms with Gasteiger partial charge in [-0.2, -0.15) is 0 Å². The van der Waals surface area contributed by atoms with Crippen LogP contribution in [0.1, 0.15) is 30.9 Å². The second-order valence-corrected chi connectivity index (χ2v) is 6.38. The summed E-state index contributed by atoms with van der Waals surface area (Å²) >= 11 is 0. The highest BCUT2D eigenvalue weighted by molar-refractivity contribution is 5.63. The zero-order valence-corrected chi connectivity index (χ0v) is 16.7. The van der Waals surface area contributed by atoms with Crippen LogP contribution in [-0.2, 0) is 0 Å². The maximum Gasteiger partial charge on any atom is 0.162 e. The molecule has 142 valence electrons. The molecular weight excluding hydrogens is 330 g/mol. The van der Waals surface area contributed by atoms with E-state index in [1.807, 2.05) is 31.3 Å². The fourth-order valence-electron chi connectivity index (χ4n) is 3.34. The number of benzene rings is 2. The molecule has 0 bridgehead atoms. The standard InChI is InChI=1S/C21H29NO4/c1-13(2)21(14-8-9-17(23-4)18(10-14)24-5)15-11-19(25-6)20(26-7)12-16(15)22-3/h8-13,21-22H,1-7H3. The highest BCUT2D eigenvalue weighted by atomic mass is 16.5. The summed E-state index contributed by atoms with van der Waals surface area (Å²) in [4.78, 5) is 0. The summed E-state index contributed by atoms with van der Waals surface area (Å²) in [7, 11) is 8.51. The molecule has 0 aliphatic heterocycles. The molecule has 0 aromatic heterocycles. The lowest BCUT2D eigenvalue weighted by atomic mass is 9.81. The lowest BCUT2D eigenvalue weighted by Crippen LogP contribution is -2.12. The molecule has 5 heteroatoms. The lowest BCUT2D eigenvalue weighted by Gasteiger charge is -2.26. The van der Waals surface area contributed by atoms with Gasteiger partial charge in [-0.25, -0.2) is 0 Å². The summed E-state index contributed by atoms with van der Waals surface area (Å²) in [5.74, 6) is 3.38. The van der Waals surface area contributed by atoms with Crippen LogP contribution in [0.3, 0.4) is 0 Å². The molecule has 0 heterocycles. The Balaban J connectivity index is 2.64. The Morgan fingerprint density at radius 3 is 1.77 bits per heavy atom. The van der Waals surface area contributed by atoms with E-state index in [-0.39, 0.29) is 5.92 Å². The van der Waals surface area contributed by atoms with Gasteiger partial charge in [0.2, 0.25) is 0 Å². The van der Waals surface area contributed by atoms with Gasteiger partial charge in [-0.05, 0) is 35.2 Å². The van der Waals surface area contributed by atoms with E-state index in [0.717, 1.165) is 28.3 Å². The Morgan fingerprint density at radius 1 is 0.731 bits per heavy atom. The van der Waals surface area contributed by atoms with E-state index in [1.54, 1.807) is 28.4 Å². The number of hydrogen-bond donors (Lipinski definition) is 1. The van der Waals surface area contributed by atoms with Crippen molar-refractivity contribution in [1.29, 1.82) is 0 Å². The lowest BCUT2D eigenvalue weighted by molar-refractivity contribution is 0.353. The van der Waals surface area contributed by atoms with E-state index in [0.29, 0.717) is 17.4 Å². The summed E-state index contributed by atoms with van der Waals surface area (Å²) < 4.78 is 21.8. The Hall–Kier alpha value is -2.56. The number of nitrogens with one attached hydrogen (secondary N) is 1. The van der Waals surface area contributed by atoms with Crippen LogP contribution in [-0.4, -0.2) is 35.5 Å². The third kappa shape index (κ3) is 3.82. The van der Waals surface area contributed by atoms with Crippen molar-refractivity contribution in [2.45, 2.75) is 19.8 Å². The van der Waals surface area contributed by atoms with E-state index in [1.165, 1.54) is 0 Å². The molecule has 26 heavy (non-hydrogen) atoms. The highest BCUT2D eigenvalue weighted by Gasteiger charge is 2.24. The van der Waals surface area contributed by atoms with E-state index in [4.69, 9.17) is 18.9 Å². The van der Waals surface area contributed by atoms with Gasteiger partial charge in [0, 0.05) is 24.7 Å². The van der Waals surface area contributed by atoms with Crippen molar-refractivity contribution in [1.82, 2.24) is 0 Å². The molecule has 1 unspecified atom stereocenters. The van der Waals surface area contributed by atoms with Gasteiger partial charge in [0.25, 0.3) is 0 Å². The normalized spacial score (nSPS) is 11.8. The van der Waals surface area contributed by atoms with E-state index in [9.17, 15) is 0 Å². The van der Waals surface area contributed by atoms with E-state index in [2.05, 4.69) is 25.2 Å². The zero-order chi connectivity index (χ0) is 19.3. The highest BCUT2D eigenvalue weighted by Crippen LogP contribution is 2.43. The topological polar surface area (TPSA) is 49.0 Å². The molecule has 0 spiro atoms. The molecule has 0 aliphatic rings. The number of anilines is 1. The second-order valence-electron chi connectivity index (χ2n) is 6.38. The minimum atomic E-state index is 0.150. The van der Waals surface area contributed by atoms with Crippen molar-refractivity contribution >= 4 is 5.69 Å². The van der Waals surface area contributed by atoms with Crippen LogP contribution < -0.4 is 24.3 Å². The van der Waals surface area contributed by atoms with Gasteiger partial charge in [-0.15, -0.1) is 0 Å². The smallest absolute Gasteiger partial charge is 0.162 e. The summed E-state index contributed by atoms with van der Waals surface area (Å²) in [6.07, 6.45) is 0. The number of hydrogen-bond acceptors (Lipinski definition) is 5. The maximum absolute atomic E-state index is 5.53. The summed E-state index contributed by atoms with van der Waals surface area (Å²) in [5, 5.41) is 3.29. The first-order valence-corrected chi connectivity index (χ1v) is 8.66. The molecule has 2 aromatic rings. The third-order valence-electron chi connectivity index (χ3n) is 4.59. The molecule has 2 aromatic carbocycles. The molecule has 5 nitrogen and oxygen atoms in total. The molecule has 0 saturated carbocycles. The van der Waals surface area contributed by atoms with Crippen LogP contribution in [0.15, 0.2) is 30.3 Å². The first kappa shape index (κ1) is 19.8. The van der Waals surface area contributed by atoms with Crippen LogP contribution >= 0.6 is 0 Å². The zero-order valence-electron chi connectivity index (χ0n) is 16.7. The van der Waals surface area contributed by atoms with Crippen molar-refractivity contribution < 1.29 is 18.9 Å². The quantitative estimate of drug-likeness (QED) is 0.749. The van der Waals surface area contributed by atoms with Crippen LogP contribution in [0.25, 0.3) is 0 Å². The molecule has 0 radical (unpaired) electrons. The van der Waals surface area contributed by atoms with Crippen LogP contribution in [0, 0.1) is 5.92 Å². The van der Waals surface area contributed by atoms with Gasteiger partial charge in [0.15, 0.2) is 23.0 Å². The molecule has 2 rings (SSSR count). The van der Waals surface area contributed by atoms with Crippen LogP contribution in [0.5, 0.6) is 23.0 Å². The molecule has 1 atom stereocenters.